The predicted molar refractivity (Wildman–Crippen MR) is 119 cm³/mol. The Bertz CT molecular complexity index is 866. The van der Waals surface area contributed by atoms with Crippen LogP contribution >= 0.6 is 11.8 Å². The van der Waals surface area contributed by atoms with Crippen LogP contribution in [0.25, 0.3) is 0 Å². The van der Waals surface area contributed by atoms with Crippen molar-refractivity contribution < 1.29 is 9.84 Å². The van der Waals surface area contributed by atoms with Crippen molar-refractivity contribution in [2.45, 2.75) is 16.3 Å². The van der Waals surface area contributed by atoms with E-state index in [0.29, 0.717) is 19.8 Å². The second-order valence-corrected chi connectivity index (χ2v) is 8.31. The standard InChI is InChI=1S/C22H28N4O2S/c23-15-17-13-20(26-7-5-25(6-8-26)9-11-28-12-10-27)18-16-24-19-3-1-2-4-21(19)29-22(18)14-17/h1-4,13-14,16,27H,5-12,15,23H2. The van der Waals surface area contributed by atoms with Crippen LogP contribution in [0.4, 0.5) is 11.4 Å². The normalized spacial score (nSPS) is 16.4. The summed E-state index contributed by atoms with van der Waals surface area (Å²) in [7, 11) is 0. The third kappa shape index (κ3) is 4.82. The van der Waals surface area contributed by atoms with Crippen molar-refractivity contribution in [2.75, 3.05) is 57.4 Å². The molecule has 0 aromatic heterocycles. The number of hydrogen-bond donors (Lipinski definition) is 2. The number of nitrogens with zero attached hydrogens (tertiary/aromatic N) is 3. The summed E-state index contributed by atoms with van der Waals surface area (Å²) in [5, 5.41) is 8.81. The molecule has 2 aliphatic heterocycles. The zero-order valence-electron chi connectivity index (χ0n) is 16.6. The van der Waals surface area contributed by atoms with Crippen LogP contribution in [0.15, 0.2) is 51.2 Å². The molecule has 29 heavy (non-hydrogen) atoms. The van der Waals surface area contributed by atoms with Gasteiger partial charge >= 0.3 is 0 Å². The Balaban J connectivity index is 1.52. The summed E-state index contributed by atoms with van der Waals surface area (Å²) < 4.78 is 5.41. The maximum absolute atomic E-state index is 8.81. The molecule has 0 saturated carbocycles. The highest BCUT2D eigenvalue weighted by Gasteiger charge is 2.22. The Kier molecular flexibility index (Phi) is 6.84. The molecule has 7 heteroatoms. The lowest BCUT2D eigenvalue weighted by Crippen LogP contribution is -2.47. The highest BCUT2D eigenvalue weighted by molar-refractivity contribution is 7.99. The summed E-state index contributed by atoms with van der Waals surface area (Å²) in [6, 6.07) is 12.7. The summed E-state index contributed by atoms with van der Waals surface area (Å²) in [4.78, 5) is 12.0. The molecule has 2 aromatic carbocycles. The molecule has 2 heterocycles. The van der Waals surface area contributed by atoms with E-state index >= 15 is 0 Å². The van der Waals surface area contributed by atoms with Crippen LogP contribution in [0.5, 0.6) is 0 Å². The van der Waals surface area contributed by atoms with Crippen LogP contribution in [0.1, 0.15) is 11.1 Å². The van der Waals surface area contributed by atoms with Gasteiger partial charge in [0.2, 0.25) is 0 Å². The smallest absolute Gasteiger partial charge is 0.0769 e. The molecule has 2 aromatic rings. The SMILES string of the molecule is NCc1cc2c(c(N3CCN(CCOCCO)CC3)c1)C=Nc1ccccc1S2. The highest BCUT2D eigenvalue weighted by Crippen LogP contribution is 2.42. The number of piperazine rings is 1. The highest BCUT2D eigenvalue weighted by atomic mass is 32.2. The first-order valence-electron chi connectivity index (χ1n) is 10.1. The average Bonchev–Trinajstić information content (AvgIpc) is 2.95. The van der Waals surface area contributed by atoms with E-state index in [1.54, 1.807) is 11.8 Å². The molecule has 1 saturated heterocycles. The first-order chi connectivity index (χ1) is 14.3. The van der Waals surface area contributed by atoms with Gasteiger partial charge in [0.1, 0.15) is 0 Å². The van der Waals surface area contributed by atoms with Gasteiger partial charge < -0.3 is 20.5 Å². The van der Waals surface area contributed by atoms with Crippen LogP contribution in [-0.4, -0.2) is 68.8 Å². The number of nitrogens with two attached hydrogens (primary N) is 1. The molecule has 2 aliphatic rings. The molecule has 0 amide bonds. The topological polar surface area (TPSA) is 74.3 Å². The van der Waals surface area contributed by atoms with Gasteiger partial charge in [-0.2, -0.15) is 0 Å². The van der Waals surface area contributed by atoms with Crippen molar-refractivity contribution >= 4 is 29.4 Å². The number of aliphatic hydroxyl groups excluding tert-OH is 1. The molecule has 0 aliphatic carbocycles. The third-order valence-electron chi connectivity index (χ3n) is 5.33. The molecular formula is C22H28N4O2S. The first kappa shape index (κ1) is 20.4. The van der Waals surface area contributed by atoms with Crippen molar-refractivity contribution in [3.63, 3.8) is 0 Å². The van der Waals surface area contributed by atoms with Gasteiger partial charge in [0.05, 0.1) is 25.5 Å². The number of ether oxygens (including phenoxy) is 1. The van der Waals surface area contributed by atoms with Gasteiger partial charge in [-0.15, -0.1) is 0 Å². The molecule has 0 radical (unpaired) electrons. The summed E-state index contributed by atoms with van der Waals surface area (Å²) in [5.74, 6) is 0. The van der Waals surface area contributed by atoms with Gasteiger partial charge in [-0.05, 0) is 29.8 Å². The molecule has 4 rings (SSSR count). The second kappa shape index (κ2) is 9.73. The number of fused-ring (bicyclic) bond motifs is 2. The van der Waals surface area contributed by atoms with E-state index in [2.05, 4.69) is 40.1 Å². The maximum Gasteiger partial charge on any atom is 0.0769 e. The lowest BCUT2D eigenvalue weighted by atomic mass is 10.1. The number of para-hydroxylation sites is 1. The maximum atomic E-state index is 8.81. The third-order valence-corrected chi connectivity index (χ3v) is 6.46. The molecule has 3 N–H and O–H groups in total. The quantitative estimate of drug-likeness (QED) is 0.581. The minimum atomic E-state index is 0.0831. The monoisotopic (exact) mass is 412 g/mol. The summed E-state index contributed by atoms with van der Waals surface area (Å²) in [5.41, 5.74) is 10.6. The molecule has 0 unspecified atom stereocenters. The van der Waals surface area contributed by atoms with Crippen LogP contribution in [-0.2, 0) is 11.3 Å². The van der Waals surface area contributed by atoms with Crippen molar-refractivity contribution in [3.8, 4) is 0 Å². The van der Waals surface area contributed by atoms with Gasteiger partial charge in [-0.25, -0.2) is 0 Å². The Labute approximate surface area is 176 Å². The number of aliphatic hydroxyl groups is 1. The summed E-state index contributed by atoms with van der Waals surface area (Å²) in [6.45, 7) is 6.52. The number of aliphatic imine (C=N–C) groups is 1. The minimum Gasteiger partial charge on any atom is -0.394 e. The van der Waals surface area contributed by atoms with Crippen LogP contribution < -0.4 is 10.6 Å². The van der Waals surface area contributed by atoms with E-state index < -0.39 is 0 Å². The van der Waals surface area contributed by atoms with Crippen LogP contribution in [0, 0.1) is 0 Å². The van der Waals surface area contributed by atoms with Gasteiger partial charge in [0, 0.05) is 66.5 Å². The minimum absolute atomic E-state index is 0.0831. The zero-order chi connectivity index (χ0) is 20.1. The number of rotatable bonds is 7. The van der Waals surface area contributed by atoms with E-state index in [-0.39, 0.29) is 6.61 Å². The van der Waals surface area contributed by atoms with Crippen LogP contribution in [0.3, 0.4) is 0 Å². The van der Waals surface area contributed by atoms with E-state index in [1.165, 1.54) is 21.0 Å². The Morgan fingerprint density at radius 1 is 1.07 bits per heavy atom. The van der Waals surface area contributed by atoms with E-state index in [4.69, 9.17) is 20.6 Å². The average molecular weight is 413 g/mol. The lowest BCUT2D eigenvalue weighted by Gasteiger charge is -2.37. The molecule has 0 spiro atoms. The van der Waals surface area contributed by atoms with Crippen molar-refractivity contribution in [1.82, 2.24) is 4.90 Å². The fraction of sp³-hybridized carbons (Fsp3) is 0.409. The van der Waals surface area contributed by atoms with Crippen molar-refractivity contribution in [3.05, 3.63) is 47.5 Å². The summed E-state index contributed by atoms with van der Waals surface area (Å²) >= 11 is 1.77. The van der Waals surface area contributed by atoms with Gasteiger partial charge in [-0.3, -0.25) is 9.89 Å². The molecule has 6 nitrogen and oxygen atoms in total. The lowest BCUT2D eigenvalue weighted by molar-refractivity contribution is 0.0724. The first-order valence-corrected chi connectivity index (χ1v) is 10.9. The molecule has 0 atom stereocenters. The van der Waals surface area contributed by atoms with Gasteiger partial charge in [-0.1, -0.05) is 23.9 Å². The van der Waals surface area contributed by atoms with E-state index in [1.807, 2.05) is 12.3 Å². The largest absolute Gasteiger partial charge is 0.394 e. The zero-order valence-corrected chi connectivity index (χ0v) is 17.4. The number of hydrogen-bond acceptors (Lipinski definition) is 7. The van der Waals surface area contributed by atoms with Crippen LogP contribution in [0.2, 0.25) is 0 Å². The molecular weight excluding hydrogens is 384 g/mol. The predicted octanol–water partition coefficient (Wildman–Crippen LogP) is 2.49. The van der Waals surface area contributed by atoms with Crippen molar-refractivity contribution in [1.29, 1.82) is 0 Å². The van der Waals surface area contributed by atoms with Gasteiger partial charge in [0.15, 0.2) is 0 Å². The molecule has 154 valence electrons. The Morgan fingerprint density at radius 2 is 1.90 bits per heavy atom. The Morgan fingerprint density at radius 3 is 2.69 bits per heavy atom. The molecule has 0 bridgehead atoms. The second-order valence-electron chi connectivity index (χ2n) is 7.22. The van der Waals surface area contributed by atoms with E-state index in [0.717, 1.165) is 44.0 Å². The van der Waals surface area contributed by atoms with E-state index in [9.17, 15) is 0 Å². The summed E-state index contributed by atoms with van der Waals surface area (Å²) in [6.07, 6.45) is 2.01. The van der Waals surface area contributed by atoms with Gasteiger partial charge in [0.25, 0.3) is 0 Å². The number of benzene rings is 2. The molecule has 1 fully saturated rings. The number of anilines is 1. The van der Waals surface area contributed by atoms with Crippen molar-refractivity contribution in [2.24, 2.45) is 10.7 Å². The fourth-order valence-electron chi connectivity index (χ4n) is 3.74. The Hall–Kier alpha value is -1.90. The fourth-order valence-corrected chi connectivity index (χ4v) is 4.82.